The van der Waals surface area contributed by atoms with Crippen molar-refractivity contribution in [3.05, 3.63) is 59.2 Å². The van der Waals surface area contributed by atoms with Crippen molar-refractivity contribution in [2.24, 2.45) is 0 Å². The molecule has 0 aliphatic carbocycles. The number of carbonyl (C=O) groups is 3. The number of hydrogen-bond acceptors (Lipinski definition) is 4. The first kappa shape index (κ1) is 25.3. The molecular formula is C27H36N4O3. The fourth-order valence-corrected chi connectivity index (χ4v) is 4.23. The van der Waals surface area contributed by atoms with Crippen molar-refractivity contribution < 1.29 is 14.4 Å². The van der Waals surface area contributed by atoms with E-state index in [1.54, 1.807) is 17.9 Å². The van der Waals surface area contributed by atoms with Crippen LogP contribution in [0.1, 0.15) is 59.9 Å². The zero-order chi connectivity index (χ0) is 24.7. The van der Waals surface area contributed by atoms with Crippen molar-refractivity contribution in [3.8, 4) is 0 Å². The summed E-state index contributed by atoms with van der Waals surface area (Å²) in [5.41, 5.74) is 3.87. The first-order chi connectivity index (χ1) is 16.4. The lowest BCUT2D eigenvalue weighted by Crippen LogP contribution is -2.36. The van der Waals surface area contributed by atoms with Gasteiger partial charge in [-0.2, -0.15) is 0 Å². The van der Waals surface area contributed by atoms with Crippen LogP contribution in [0.25, 0.3) is 0 Å². The predicted molar refractivity (Wildman–Crippen MR) is 137 cm³/mol. The van der Waals surface area contributed by atoms with Crippen LogP contribution in [0.15, 0.2) is 42.5 Å². The first-order valence-corrected chi connectivity index (χ1v) is 12.2. The van der Waals surface area contributed by atoms with Gasteiger partial charge in [0.05, 0.1) is 5.56 Å². The van der Waals surface area contributed by atoms with E-state index in [-0.39, 0.29) is 17.7 Å². The van der Waals surface area contributed by atoms with Gasteiger partial charge in [-0.25, -0.2) is 0 Å². The Bertz CT molecular complexity index is 1020. The van der Waals surface area contributed by atoms with Crippen LogP contribution in [0.5, 0.6) is 0 Å². The molecule has 1 aliphatic rings. The Morgan fingerprint density at radius 3 is 2.26 bits per heavy atom. The minimum Gasteiger partial charge on any atom is -0.369 e. The SMILES string of the molecule is CCC(=O)Nc1ccc(N2CCCN(C(=O)c3ccc(C)cc3)CC2)c(C(=O)N(CC)CC)c1. The highest BCUT2D eigenvalue weighted by atomic mass is 16.2. The summed E-state index contributed by atoms with van der Waals surface area (Å²) in [6.45, 7) is 11.6. The largest absolute Gasteiger partial charge is 0.369 e. The summed E-state index contributed by atoms with van der Waals surface area (Å²) in [7, 11) is 0. The van der Waals surface area contributed by atoms with Crippen LogP contribution in [-0.4, -0.2) is 66.8 Å². The van der Waals surface area contributed by atoms with Crippen molar-refractivity contribution in [1.82, 2.24) is 9.80 Å². The van der Waals surface area contributed by atoms with E-state index in [0.717, 1.165) is 24.2 Å². The van der Waals surface area contributed by atoms with Gasteiger partial charge in [0, 0.05) is 62.6 Å². The highest BCUT2D eigenvalue weighted by Crippen LogP contribution is 2.27. The van der Waals surface area contributed by atoms with E-state index in [9.17, 15) is 14.4 Å². The summed E-state index contributed by atoms with van der Waals surface area (Å²) in [5, 5.41) is 2.87. The second-order valence-corrected chi connectivity index (χ2v) is 8.61. The average molecular weight is 465 g/mol. The molecule has 0 saturated carbocycles. The number of anilines is 2. The van der Waals surface area contributed by atoms with Gasteiger partial charge in [-0.15, -0.1) is 0 Å². The zero-order valence-electron chi connectivity index (χ0n) is 20.8. The van der Waals surface area contributed by atoms with E-state index in [1.807, 2.05) is 62.1 Å². The van der Waals surface area contributed by atoms with Gasteiger partial charge in [0.25, 0.3) is 11.8 Å². The number of nitrogens with one attached hydrogen (secondary N) is 1. The van der Waals surface area contributed by atoms with E-state index in [2.05, 4.69) is 10.2 Å². The van der Waals surface area contributed by atoms with E-state index >= 15 is 0 Å². The molecule has 7 heteroatoms. The van der Waals surface area contributed by atoms with Crippen molar-refractivity contribution in [3.63, 3.8) is 0 Å². The Hall–Kier alpha value is -3.35. The first-order valence-electron chi connectivity index (χ1n) is 12.2. The highest BCUT2D eigenvalue weighted by Gasteiger charge is 2.25. The van der Waals surface area contributed by atoms with Gasteiger partial charge in [0.15, 0.2) is 0 Å². The third-order valence-electron chi connectivity index (χ3n) is 6.30. The summed E-state index contributed by atoms with van der Waals surface area (Å²) < 4.78 is 0. The third kappa shape index (κ3) is 5.95. The number of carbonyl (C=O) groups excluding carboxylic acids is 3. The Balaban J connectivity index is 1.84. The maximum atomic E-state index is 13.4. The predicted octanol–water partition coefficient (Wildman–Crippen LogP) is 4.18. The summed E-state index contributed by atoms with van der Waals surface area (Å²) in [6.07, 6.45) is 1.18. The number of nitrogens with zero attached hydrogens (tertiary/aromatic N) is 3. The monoisotopic (exact) mass is 464 g/mol. The molecule has 3 rings (SSSR count). The third-order valence-corrected chi connectivity index (χ3v) is 6.30. The molecule has 2 aromatic carbocycles. The van der Waals surface area contributed by atoms with E-state index < -0.39 is 0 Å². The molecule has 7 nitrogen and oxygen atoms in total. The number of amides is 3. The van der Waals surface area contributed by atoms with Gasteiger partial charge in [0.1, 0.15) is 0 Å². The van der Waals surface area contributed by atoms with Crippen LogP contribution in [0.2, 0.25) is 0 Å². The molecule has 0 radical (unpaired) electrons. The molecule has 0 spiro atoms. The van der Waals surface area contributed by atoms with Crippen molar-refractivity contribution in [2.75, 3.05) is 49.5 Å². The second kappa shape index (κ2) is 11.7. The van der Waals surface area contributed by atoms with Crippen LogP contribution in [0.4, 0.5) is 11.4 Å². The Morgan fingerprint density at radius 2 is 1.62 bits per heavy atom. The molecule has 0 atom stereocenters. The molecule has 2 aromatic rings. The van der Waals surface area contributed by atoms with E-state index in [4.69, 9.17) is 0 Å². The second-order valence-electron chi connectivity index (χ2n) is 8.61. The molecule has 182 valence electrons. The fraction of sp³-hybridized carbons (Fsp3) is 0.444. The molecule has 1 N–H and O–H groups in total. The van der Waals surface area contributed by atoms with Crippen LogP contribution >= 0.6 is 0 Å². The van der Waals surface area contributed by atoms with E-state index in [1.165, 1.54) is 0 Å². The molecule has 1 heterocycles. The van der Waals surface area contributed by atoms with E-state index in [0.29, 0.717) is 56.0 Å². The minimum atomic E-state index is -0.0889. The molecule has 1 aliphatic heterocycles. The van der Waals surface area contributed by atoms with Crippen LogP contribution in [0, 0.1) is 6.92 Å². The van der Waals surface area contributed by atoms with Gasteiger partial charge >= 0.3 is 0 Å². The maximum Gasteiger partial charge on any atom is 0.256 e. The number of rotatable bonds is 7. The normalized spacial score (nSPS) is 13.9. The minimum absolute atomic E-state index is 0.0407. The number of aryl methyl sites for hydroxylation is 1. The number of benzene rings is 2. The molecule has 0 unspecified atom stereocenters. The lowest BCUT2D eigenvalue weighted by Gasteiger charge is -2.28. The fourth-order valence-electron chi connectivity index (χ4n) is 4.23. The van der Waals surface area contributed by atoms with Crippen molar-refractivity contribution in [2.45, 2.75) is 40.5 Å². The van der Waals surface area contributed by atoms with Gasteiger partial charge in [-0.05, 0) is 57.5 Å². The maximum absolute atomic E-state index is 13.4. The lowest BCUT2D eigenvalue weighted by molar-refractivity contribution is -0.115. The molecule has 1 fully saturated rings. The Kier molecular flexibility index (Phi) is 8.68. The molecule has 1 saturated heterocycles. The van der Waals surface area contributed by atoms with Crippen molar-refractivity contribution >= 4 is 29.1 Å². The molecule has 3 amide bonds. The average Bonchev–Trinajstić information content (AvgIpc) is 3.11. The molecular weight excluding hydrogens is 428 g/mol. The van der Waals surface area contributed by atoms with Crippen LogP contribution in [0.3, 0.4) is 0 Å². The smallest absolute Gasteiger partial charge is 0.256 e. The van der Waals surface area contributed by atoms with Gasteiger partial charge < -0.3 is 20.0 Å². The molecule has 0 bridgehead atoms. The van der Waals surface area contributed by atoms with Crippen LogP contribution < -0.4 is 10.2 Å². The van der Waals surface area contributed by atoms with Gasteiger partial charge in [0.2, 0.25) is 5.91 Å². The summed E-state index contributed by atoms with van der Waals surface area (Å²) in [4.78, 5) is 44.2. The lowest BCUT2D eigenvalue weighted by atomic mass is 10.1. The quantitative estimate of drug-likeness (QED) is 0.667. The Morgan fingerprint density at radius 1 is 0.912 bits per heavy atom. The topological polar surface area (TPSA) is 73.0 Å². The zero-order valence-corrected chi connectivity index (χ0v) is 20.8. The summed E-state index contributed by atoms with van der Waals surface area (Å²) >= 11 is 0. The van der Waals surface area contributed by atoms with Gasteiger partial charge in [-0.3, -0.25) is 14.4 Å². The molecule has 0 aromatic heterocycles. The molecule has 34 heavy (non-hydrogen) atoms. The summed E-state index contributed by atoms with van der Waals surface area (Å²) in [6, 6.07) is 13.2. The standard InChI is InChI=1S/C27H36N4O3/c1-5-25(32)28-22-13-14-24(23(19-22)27(34)29(6-2)7-3)30-15-8-16-31(18-17-30)26(33)21-11-9-20(4)10-12-21/h9-14,19H,5-8,15-18H2,1-4H3,(H,28,32). The van der Waals surface area contributed by atoms with Gasteiger partial charge in [-0.1, -0.05) is 24.6 Å². The highest BCUT2D eigenvalue weighted by molar-refractivity contribution is 6.02. The summed E-state index contributed by atoms with van der Waals surface area (Å²) in [5.74, 6) is -0.0997. The van der Waals surface area contributed by atoms with Crippen molar-refractivity contribution in [1.29, 1.82) is 0 Å². The van der Waals surface area contributed by atoms with Crippen LogP contribution in [-0.2, 0) is 4.79 Å². The number of hydrogen-bond donors (Lipinski definition) is 1. The Labute approximate surface area is 202 Å².